The monoisotopic (exact) mass is 422 g/mol. The number of allylic oxidation sites excluding steroid dienone is 2. The quantitative estimate of drug-likeness (QED) is 0.262. The summed E-state index contributed by atoms with van der Waals surface area (Å²) < 4.78 is 28.0. The highest BCUT2D eigenvalue weighted by atomic mass is 16.6. The Morgan fingerprint density at radius 3 is 2.29 bits per heavy atom. The Morgan fingerprint density at radius 2 is 1.68 bits per heavy atom. The molecule has 0 N–H and O–H groups in total. The first kappa shape index (κ1) is 21.3. The van der Waals surface area contributed by atoms with E-state index in [9.17, 15) is 0 Å². The predicted molar refractivity (Wildman–Crippen MR) is 118 cm³/mol. The second-order valence-corrected chi connectivity index (χ2v) is 8.61. The molecule has 31 heavy (non-hydrogen) atoms. The highest BCUT2D eigenvalue weighted by Crippen LogP contribution is 2.39. The lowest BCUT2D eigenvalue weighted by Crippen LogP contribution is -2.02. The Balaban J connectivity index is 1.40. The Labute approximate surface area is 183 Å². The summed E-state index contributed by atoms with van der Waals surface area (Å²) in [7, 11) is 0. The topological polar surface area (TPSA) is 57.3 Å². The lowest BCUT2D eigenvalue weighted by Gasteiger charge is -2.13. The fraction of sp³-hybridized carbons (Fsp3) is 0.385. The molecule has 0 amide bonds. The van der Waals surface area contributed by atoms with Gasteiger partial charge in [0, 0.05) is 17.2 Å². The zero-order valence-corrected chi connectivity index (χ0v) is 18.4. The van der Waals surface area contributed by atoms with E-state index < -0.39 is 0 Å². The normalized spacial score (nSPS) is 17.5. The highest BCUT2D eigenvalue weighted by Gasteiger charge is 2.46. The number of ether oxygens (including phenoxy) is 3. The van der Waals surface area contributed by atoms with E-state index >= 15 is 0 Å². The number of benzene rings is 1. The molecule has 1 aliphatic rings. The van der Waals surface area contributed by atoms with Crippen molar-refractivity contribution in [3.8, 4) is 11.5 Å². The first-order valence-electron chi connectivity index (χ1n) is 10.7. The van der Waals surface area contributed by atoms with Gasteiger partial charge >= 0.3 is 0 Å². The third-order valence-electron chi connectivity index (χ3n) is 5.63. The van der Waals surface area contributed by atoms with Crippen molar-refractivity contribution in [2.45, 2.75) is 65.0 Å². The molecule has 1 aromatic carbocycles. The fourth-order valence-corrected chi connectivity index (χ4v) is 3.49. The highest BCUT2D eigenvalue weighted by molar-refractivity contribution is 5.42. The lowest BCUT2D eigenvalue weighted by molar-refractivity contribution is 0.287. The molecule has 0 aliphatic carbocycles. The van der Waals surface area contributed by atoms with Crippen molar-refractivity contribution in [1.29, 1.82) is 0 Å². The van der Waals surface area contributed by atoms with Crippen LogP contribution in [-0.4, -0.2) is 11.7 Å². The van der Waals surface area contributed by atoms with Crippen LogP contribution < -0.4 is 9.47 Å². The predicted octanol–water partition coefficient (Wildman–Crippen LogP) is 6.48. The average molecular weight is 423 g/mol. The summed E-state index contributed by atoms with van der Waals surface area (Å²) >= 11 is 0. The van der Waals surface area contributed by atoms with E-state index in [4.69, 9.17) is 23.0 Å². The summed E-state index contributed by atoms with van der Waals surface area (Å²) in [6.07, 6.45) is 12.3. The van der Waals surface area contributed by atoms with Crippen molar-refractivity contribution in [2.75, 3.05) is 0 Å². The Bertz CT molecular complexity index is 983. The van der Waals surface area contributed by atoms with Gasteiger partial charge in [-0.05, 0) is 63.8 Å². The molecule has 0 bridgehead atoms. The van der Waals surface area contributed by atoms with Crippen LogP contribution in [0.4, 0.5) is 0 Å². The maximum absolute atomic E-state index is 6.12. The number of hydrogen-bond donors (Lipinski definition) is 0. The van der Waals surface area contributed by atoms with Crippen LogP contribution in [0.15, 0.2) is 75.9 Å². The zero-order valence-electron chi connectivity index (χ0n) is 18.4. The molecule has 1 atom stereocenters. The van der Waals surface area contributed by atoms with Gasteiger partial charge in [-0.2, -0.15) is 0 Å². The van der Waals surface area contributed by atoms with Gasteiger partial charge in [0.05, 0.1) is 36.8 Å². The van der Waals surface area contributed by atoms with Crippen LogP contribution in [0, 0.1) is 0 Å². The van der Waals surface area contributed by atoms with E-state index in [1.54, 1.807) is 25.1 Å². The van der Waals surface area contributed by atoms with E-state index in [2.05, 4.69) is 32.9 Å². The van der Waals surface area contributed by atoms with Crippen molar-refractivity contribution in [3.05, 3.63) is 83.7 Å². The summed E-state index contributed by atoms with van der Waals surface area (Å²) in [5.74, 6) is 1.59. The Morgan fingerprint density at radius 1 is 1.00 bits per heavy atom. The Hall–Kier alpha value is -2.92. The van der Waals surface area contributed by atoms with Crippen LogP contribution in [0.1, 0.15) is 50.3 Å². The van der Waals surface area contributed by atoms with Crippen LogP contribution in [0.2, 0.25) is 0 Å². The van der Waals surface area contributed by atoms with Crippen molar-refractivity contribution in [3.63, 3.8) is 0 Å². The second kappa shape index (κ2) is 9.48. The largest absolute Gasteiger partial charge is 0.489 e. The van der Waals surface area contributed by atoms with Crippen LogP contribution in [0.5, 0.6) is 11.5 Å². The van der Waals surface area contributed by atoms with Gasteiger partial charge in [-0.1, -0.05) is 17.7 Å². The molecule has 0 radical (unpaired) electrons. The molecule has 5 nitrogen and oxygen atoms in total. The minimum Gasteiger partial charge on any atom is -0.489 e. The van der Waals surface area contributed by atoms with Gasteiger partial charge in [0.15, 0.2) is 0 Å². The van der Waals surface area contributed by atoms with Crippen LogP contribution in [0.25, 0.3) is 0 Å². The third-order valence-corrected chi connectivity index (χ3v) is 5.63. The molecule has 5 heteroatoms. The molecule has 3 aromatic rings. The Kier molecular flexibility index (Phi) is 6.52. The average Bonchev–Trinajstić information content (AvgIpc) is 3.22. The summed E-state index contributed by atoms with van der Waals surface area (Å²) in [6.45, 7) is 7.39. The van der Waals surface area contributed by atoms with Gasteiger partial charge in [0.25, 0.3) is 0 Å². The molecular formula is C26H30O5. The number of epoxide rings is 1. The smallest absolute Gasteiger partial charge is 0.127 e. The van der Waals surface area contributed by atoms with Crippen molar-refractivity contribution < 1.29 is 23.0 Å². The molecule has 1 aliphatic heterocycles. The molecule has 0 saturated carbocycles. The standard InChI is InChI=1S/C26H30O5/c1-19(5-9-25-26(2,3)31-25)4-6-22-7-8-23(29-17-20-10-12-27-15-20)14-24(22)30-18-21-11-13-28-16-21/h4,7-8,10-16,25H,5-6,9,17-18H2,1-3H3/b19-4+/t25-/m1/s1. The van der Waals surface area contributed by atoms with E-state index in [1.165, 1.54) is 5.57 Å². The molecule has 164 valence electrons. The van der Waals surface area contributed by atoms with Crippen LogP contribution in [0.3, 0.4) is 0 Å². The number of rotatable bonds is 11. The molecule has 0 unspecified atom stereocenters. The number of furan rings is 2. The van der Waals surface area contributed by atoms with Gasteiger partial charge in [-0.3, -0.25) is 0 Å². The van der Waals surface area contributed by atoms with Gasteiger partial charge in [-0.25, -0.2) is 0 Å². The summed E-state index contributed by atoms with van der Waals surface area (Å²) in [4.78, 5) is 0. The van der Waals surface area contributed by atoms with E-state index in [0.29, 0.717) is 19.3 Å². The second-order valence-electron chi connectivity index (χ2n) is 8.61. The lowest BCUT2D eigenvalue weighted by atomic mass is 10.0. The van der Waals surface area contributed by atoms with E-state index in [-0.39, 0.29) is 5.60 Å². The maximum atomic E-state index is 6.12. The van der Waals surface area contributed by atoms with Crippen molar-refractivity contribution in [1.82, 2.24) is 0 Å². The fourth-order valence-electron chi connectivity index (χ4n) is 3.49. The molecule has 1 fully saturated rings. The summed E-state index contributed by atoms with van der Waals surface area (Å²) in [5.41, 5.74) is 4.54. The maximum Gasteiger partial charge on any atom is 0.127 e. The van der Waals surface area contributed by atoms with Gasteiger partial charge < -0.3 is 23.0 Å². The first-order valence-corrected chi connectivity index (χ1v) is 10.7. The van der Waals surface area contributed by atoms with Gasteiger partial charge in [0.2, 0.25) is 0 Å². The minimum atomic E-state index is 0.0562. The third kappa shape index (κ3) is 6.05. The zero-order chi connectivity index (χ0) is 21.7. The van der Waals surface area contributed by atoms with Crippen molar-refractivity contribution in [2.24, 2.45) is 0 Å². The van der Waals surface area contributed by atoms with E-state index in [0.717, 1.165) is 47.5 Å². The number of hydrogen-bond acceptors (Lipinski definition) is 5. The summed E-state index contributed by atoms with van der Waals surface area (Å²) in [6, 6.07) is 9.83. The minimum absolute atomic E-state index is 0.0562. The molecule has 4 rings (SSSR count). The molecule has 0 spiro atoms. The molecular weight excluding hydrogens is 392 g/mol. The van der Waals surface area contributed by atoms with Crippen LogP contribution in [-0.2, 0) is 24.4 Å². The van der Waals surface area contributed by atoms with Crippen molar-refractivity contribution >= 4 is 0 Å². The van der Waals surface area contributed by atoms with E-state index in [1.807, 2.05) is 24.3 Å². The SMILES string of the molecule is C/C(=C\Cc1ccc(OCc2ccoc2)cc1OCc1ccoc1)CC[C@H]1OC1(C)C. The molecule has 1 saturated heterocycles. The first-order chi connectivity index (χ1) is 15.0. The molecule has 3 heterocycles. The van der Waals surface area contributed by atoms with Gasteiger partial charge in [0.1, 0.15) is 24.7 Å². The van der Waals surface area contributed by atoms with Crippen LogP contribution >= 0.6 is 0 Å². The van der Waals surface area contributed by atoms with Gasteiger partial charge in [-0.15, -0.1) is 0 Å². The molecule has 2 aromatic heterocycles. The summed E-state index contributed by atoms with van der Waals surface area (Å²) in [5, 5.41) is 0.